The predicted octanol–water partition coefficient (Wildman–Crippen LogP) is 3.34. The molecule has 0 spiro atoms. The fraction of sp³-hybridized carbons (Fsp3) is 0.286. The number of nitrogens with zero attached hydrogens (tertiary/aromatic N) is 1. The molecule has 3 rings (SSSR count). The molecule has 0 unspecified atom stereocenters. The summed E-state index contributed by atoms with van der Waals surface area (Å²) in [6.07, 6.45) is 0. The highest BCUT2D eigenvalue weighted by Crippen LogP contribution is 2.38. The maximum Gasteiger partial charge on any atom is 0.271 e. The highest BCUT2D eigenvalue weighted by atomic mass is 16.5. The number of benzene rings is 2. The van der Waals surface area contributed by atoms with Gasteiger partial charge in [0, 0.05) is 11.3 Å². The van der Waals surface area contributed by atoms with Gasteiger partial charge >= 0.3 is 0 Å². The van der Waals surface area contributed by atoms with E-state index < -0.39 is 5.60 Å². The molecule has 1 N–H and O–H groups in total. The predicted molar refractivity (Wildman–Crippen MR) is 103 cm³/mol. The maximum absolute atomic E-state index is 12.9. The molecule has 0 aliphatic carbocycles. The van der Waals surface area contributed by atoms with Gasteiger partial charge in [0.05, 0.1) is 5.69 Å². The summed E-state index contributed by atoms with van der Waals surface area (Å²) in [5.41, 5.74) is 1.46. The van der Waals surface area contributed by atoms with Crippen LogP contribution in [0.3, 0.4) is 0 Å². The molecule has 1 aliphatic heterocycles. The van der Waals surface area contributed by atoms with Gasteiger partial charge < -0.3 is 10.1 Å². The van der Waals surface area contributed by atoms with Crippen molar-refractivity contribution >= 4 is 29.0 Å². The Morgan fingerprint density at radius 2 is 1.89 bits per heavy atom. The van der Waals surface area contributed by atoms with Crippen molar-refractivity contribution in [3.8, 4) is 5.75 Å². The maximum atomic E-state index is 12.9. The summed E-state index contributed by atoms with van der Waals surface area (Å²) < 4.78 is 5.78. The van der Waals surface area contributed by atoms with Crippen molar-refractivity contribution in [3.63, 3.8) is 0 Å². The van der Waals surface area contributed by atoms with Crippen LogP contribution in [0.15, 0.2) is 42.5 Å². The van der Waals surface area contributed by atoms with E-state index in [9.17, 15) is 14.4 Å². The fourth-order valence-corrected chi connectivity index (χ4v) is 3.01. The van der Waals surface area contributed by atoms with Gasteiger partial charge in [0.2, 0.25) is 5.91 Å². The topological polar surface area (TPSA) is 75.7 Å². The highest BCUT2D eigenvalue weighted by molar-refractivity contribution is 6.08. The third-order valence-electron chi connectivity index (χ3n) is 4.39. The average molecular weight is 366 g/mol. The number of carbonyl (C=O) groups is 3. The van der Waals surface area contributed by atoms with Crippen LogP contribution in [0.1, 0.15) is 36.7 Å². The molecule has 0 fully saturated rings. The Labute approximate surface area is 158 Å². The molecule has 1 heterocycles. The fourth-order valence-electron chi connectivity index (χ4n) is 3.01. The van der Waals surface area contributed by atoms with Gasteiger partial charge in [-0.1, -0.05) is 12.1 Å². The van der Waals surface area contributed by atoms with Crippen LogP contribution in [-0.2, 0) is 9.59 Å². The Morgan fingerprint density at radius 1 is 1.15 bits per heavy atom. The van der Waals surface area contributed by atoms with Gasteiger partial charge in [-0.25, -0.2) is 0 Å². The number of hydrogen-bond acceptors (Lipinski definition) is 4. The van der Waals surface area contributed by atoms with Crippen molar-refractivity contribution in [3.05, 3.63) is 53.6 Å². The van der Waals surface area contributed by atoms with Crippen LogP contribution < -0.4 is 15.0 Å². The van der Waals surface area contributed by atoms with E-state index in [0.29, 0.717) is 22.7 Å². The third kappa shape index (κ3) is 3.84. The molecule has 2 aromatic rings. The normalized spacial score (nSPS) is 15.0. The van der Waals surface area contributed by atoms with Crippen molar-refractivity contribution in [1.29, 1.82) is 0 Å². The number of aryl methyl sites for hydroxylation is 1. The number of hydrogen-bond donors (Lipinski definition) is 1. The summed E-state index contributed by atoms with van der Waals surface area (Å²) in [5, 5.41) is 2.81. The van der Waals surface area contributed by atoms with E-state index in [-0.39, 0.29) is 24.1 Å². The molecule has 0 saturated carbocycles. The summed E-state index contributed by atoms with van der Waals surface area (Å²) in [6.45, 7) is 6.52. The molecule has 27 heavy (non-hydrogen) atoms. The molecule has 2 aromatic carbocycles. The van der Waals surface area contributed by atoms with E-state index in [0.717, 1.165) is 5.56 Å². The van der Waals surface area contributed by atoms with Gasteiger partial charge in [0.15, 0.2) is 11.4 Å². The number of Topliss-reactive ketones (excluding diaryl/α,β-unsaturated/α-hetero) is 1. The second-order valence-corrected chi connectivity index (χ2v) is 7.16. The van der Waals surface area contributed by atoms with Crippen molar-refractivity contribution in [2.45, 2.75) is 33.3 Å². The van der Waals surface area contributed by atoms with Gasteiger partial charge in [-0.3, -0.25) is 19.3 Å². The molecule has 140 valence electrons. The zero-order valence-electron chi connectivity index (χ0n) is 15.8. The van der Waals surface area contributed by atoms with Crippen LogP contribution in [-0.4, -0.2) is 29.7 Å². The molecule has 0 atom stereocenters. The van der Waals surface area contributed by atoms with Crippen molar-refractivity contribution in [2.75, 3.05) is 16.8 Å². The van der Waals surface area contributed by atoms with E-state index in [1.54, 1.807) is 38.1 Å². The van der Waals surface area contributed by atoms with Crippen molar-refractivity contribution in [1.82, 2.24) is 0 Å². The van der Waals surface area contributed by atoms with E-state index >= 15 is 0 Å². The Morgan fingerprint density at radius 3 is 2.56 bits per heavy atom. The van der Waals surface area contributed by atoms with Crippen LogP contribution in [0.25, 0.3) is 0 Å². The molecule has 0 bridgehead atoms. The average Bonchev–Trinajstić information content (AvgIpc) is 2.58. The SMILES string of the molecule is CC(=O)c1ccc2c(c1)N(CC(=O)Nc1cccc(C)c1)C(=O)C(C)(C)O2. The molecule has 6 heteroatoms. The Balaban J connectivity index is 1.91. The highest BCUT2D eigenvalue weighted by Gasteiger charge is 2.41. The van der Waals surface area contributed by atoms with E-state index in [4.69, 9.17) is 4.74 Å². The monoisotopic (exact) mass is 366 g/mol. The molecule has 1 aliphatic rings. The first-order valence-corrected chi connectivity index (χ1v) is 8.70. The van der Waals surface area contributed by atoms with E-state index in [1.807, 2.05) is 25.1 Å². The standard InChI is InChI=1S/C21H22N2O4/c1-13-6-5-7-16(10-13)22-19(25)12-23-17-11-15(14(2)24)8-9-18(17)27-21(3,4)20(23)26/h5-11H,12H2,1-4H3,(H,22,25). The molecule has 0 radical (unpaired) electrons. The number of ether oxygens (including phenoxy) is 1. The first-order chi connectivity index (χ1) is 12.7. The third-order valence-corrected chi connectivity index (χ3v) is 4.39. The molecule has 0 saturated heterocycles. The van der Waals surface area contributed by atoms with Crippen LogP contribution >= 0.6 is 0 Å². The summed E-state index contributed by atoms with van der Waals surface area (Å²) in [7, 11) is 0. The summed E-state index contributed by atoms with van der Waals surface area (Å²) in [5.74, 6) is -0.326. The van der Waals surface area contributed by atoms with Gasteiger partial charge in [-0.15, -0.1) is 0 Å². The van der Waals surface area contributed by atoms with Crippen LogP contribution in [0.2, 0.25) is 0 Å². The minimum absolute atomic E-state index is 0.126. The number of nitrogens with one attached hydrogen (secondary N) is 1. The summed E-state index contributed by atoms with van der Waals surface area (Å²) in [6, 6.07) is 12.3. The Bertz CT molecular complexity index is 934. The first-order valence-electron chi connectivity index (χ1n) is 8.70. The lowest BCUT2D eigenvalue weighted by Gasteiger charge is -2.38. The molecule has 0 aromatic heterocycles. The lowest BCUT2D eigenvalue weighted by atomic mass is 10.0. The zero-order chi connectivity index (χ0) is 19.8. The number of rotatable bonds is 4. The molecule has 2 amide bonds. The quantitative estimate of drug-likeness (QED) is 0.842. The second-order valence-electron chi connectivity index (χ2n) is 7.16. The lowest BCUT2D eigenvalue weighted by molar-refractivity contribution is -0.133. The number of carbonyl (C=O) groups excluding carboxylic acids is 3. The van der Waals surface area contributed by atoms with E-state index in [1.165, 1.54) is 11.8 Å². The number of anilines is 2. The molecular weight excluding hydrogens is 344 g/mol. The van der Waals surface area contributed by atoms with Gasteiger partial charge in [0.25, 0.3) is 5.91 Å². The largest absolute Gasteiger partial charge is 0.476 e. The minimum Gasteiger partial charge on any atom is -0.476 e. The van der Waals surface area contributed by atoms with Crippen molar-refractivity contribution in [2.24, 2.45) is 0 Å². The number of fused-ring (bicyclic) bond motifs is 1. The van der Waals surface area contributed by atoms with Crippen LogP contribution in [0.5, 0.6) is 5.75 Å². The Hall–Kier alpha value is -3.15. The van der Waals surface area contributed by atoms with Gasteiger partial charge in [-0.05, 0) is 63.6 Å². The number of ketones is 1. The summed E-state index contributed by atoms with van der Waals surface area (Å²) in [4.78, 5) is 38.5. The summed E-state index contributed by atoms with van der Waals surface area (Å²) >= 11 is 0. The van der Waals surface area contributed by atoms with E-state index in [2.05, 4.69) is 5.32 Å². The lowest BCUT2D eigenvalue weighted by Crippen LogP contribution is -2.54. The van der Waals surface area contributed by atoms with Gasteiger partial charge in [0.1, 0.15) is 12.3 Å². The minimum atomic E-state index is -1.10. The van der Waals surface area contributed by atoms with Crippen LogP contribution in [0, 0.1) is 6.92 Å². The Kier molecular flexibility index (Phi) is 4.74. The molecular formula is C21H22N2O4. The number of amides is 2. The van der Waals surface area contributed by atoms with Crippen LogP contribution in [0.4, 0.5) is 11.4 Å². The van der Waals surface area contributed by atoms with Gasteiger partial charge in [-0.2, -0.15) is 0 Å². The zero-order valence-corrected chi connectivity index (χ0v) is 15.8. The second kappa shape index (κ2) is 6.87. The van der Waals surface area contributed by atoms with Crippen molar-refractivity contribution < 1.29 is 19.1 Å². The molecule has 6 nitrogen and oxygen atoms in total. The first kappa shape index (κ1) is 18.6. The smallest absolute Gasteiger partial charge is 0.271 e.